The molecule has 1 aliphatic rings. The minimum absolute atomic E-state index is 0. The van der Waals surface area contributed by atoms with Crippen molar-refractivity contribution in [1.82, 2.24) is 20.4 Å². The van der Waals surface area contributed by atoms with Crippen LogP contribution in [0.5, 0.6) is 0 Å². The Balaban J connectivity index is 0.00000147. The van der Waals surface area contributed by atoms with E-state index in [1.807, 2.05) is 23.1 Å². The van der Waals surface area contributed by atoms with E-state index in [9.17, 15) is 4.79 Å². The van der Waals surface area contributed by atoms with Gasteiger partial charge >= 0.3 is 0 Å². The SMILES string of the molecule is C[C@@H]1CNCCN1C(=O)c1n[nH]c2ccc(Br)cc12.Cl. The van der Waals surface area contributed by atoms with E-state index >= 15 is 0 Å². The van der Waals surface area contributed by atoms with E-state index in [4.69, 9.17) is 0 Å². The molecule has 1 aromatic carbocycles. The topological polar surface area (TPSA) is 61.0 Å². The minimum Gasteiger partial charge on any atom is -0.332 e. The largest absolute Gasteiger partial charge is 0.332 e. The predicted octanol–water partition coefficient (Wildman–Crippen LogP) is 2.18. The normalized spacial score (nSPS) is 18.9. The van der Waals surface area contributed by atoms with Gasteiger partial charge in [0, 0.05) is 35.5 Å². The number of aromatic nitrogens is 2. The first-order valence-electron chi connectivity index (χ1n) is 6.32. The summed E-state index contributed by atoms with van der Waals surface area (Å²) in [5, 5.41) is 11.3. The molecule has 0 unspecified atom stereocenters. The molecule has 1 fully saturated rings. The summed E-state index contributed by atoms with van der Waals surface area (Å²) in [6, 6.07) is 5.98. The van der Waals surface area contributed by atoms with Crippen molar-refractivity contribution in [2.24, 2.45) is 0 Å². The van der Waals surface area contributed by atoms with Crippen LogP contribution in [-0.2, 0) is 0 Å². The third-order valence-corrected chi connectivity index (χ3v) is 3.98. The third-order valence-electron chi connectivity index (χ3n) is 3.49. The zero-order valence-electron chi connectivity index (χ0n) is 11.0. The summed E-state index contributed by atoms with van der Waals surface area (Å²) in [5.74, 6) is -0.00153. The van der Waals surface area contributed by atoms with Crippen molar-refractivity contribution in [3.05, 3.63) is 28.4 Å². The van der Waals surface area contributed by atoms with E-state index in [-0.39, 0.29) is 24.4 Å². The Morgan fingerprint density at radius 2 is 2.30 bits per heavy atom. The van der Waals surface area contributed by atoms with Gasteiger partial charge in [0.2, 0.25) is 0 Å². The first-order valence-corrected chi connectivity index (χ1v) is 7.11. The molecule has 1 amide bonds. The highest BCUT2D eigenvalue weighted by Gasteiger charge is 2.26. The third kappa shape index (κ3) is 2.68. The van der Waals surface area contributed by atoms with Crippen LogP contribution in [0.15, 0.2) is 22.7 Å². The second kappa shape index (κ2) is 6.11. The number of carbonyl (C=O) groups excluding carboxylic acids is 1. The quantitative estimate of drug-likeness (QED) is 0.820. The molecule has 5 nitrogen and oxygen atoms in total. The number of carbonyl (C=O) groups is 1. The van der Waals surface area contributed by atoms with Crippen LogP contribution in [-0.4, -0.2) is 46.7 Å². The second-order valence-corrected chi connectivity index (χ2v) is 5.73. The van der Waals surface area contributed by atoms with Crippen LogP contribution in [0.3, 0.4) is 0 Å². The number of rotatable bonds is 1. The van der Waals surface area contributed by atoms with Crippen molar-refractivity contribution in [1.29, 1.82) is 0 Å². The number of aromatic amines is 1. The Kier molecular flexibility index (Phi) is 4.67. The van der Waals surface area contributed by atoms with Gasteiger partial charge in [-0.15, -0.1) is 12.4 Å². The highest BCUT2D eigenvalue weighted by molar-refractivity contribution is 9.10. The van der Waals surface area contributed by atoms with Gasteiger partial charge in [0.15, 0.2) is 5.69 Å². The number of amides is 1. The van der Waals surface area contributed by atoms with Crippen LogP contribution in [0.2, 0.25) is 0 Å². The maximum atomic E-state index is 12.6. The predicted molar refractivity (Wildman–Crippen MR) is 84.4 cm³/mol. The smallest absolute Gasteiger partial charge is 0.275 e. The molecule has 1 aromatic heterocycles. The number of H-pyrrole nitrogens is 1. The fourth-order valence-corrected chi connectivity index (χ4v) is 2.79. The maximum Gasteiger partial charge on any atom is 0.275 e. The molecule has 2 heterocycles. The van der Waals surface area contributed by atoms with Gasteiger partial charge < -0.3 is 10.2 Å². The molecule has 0 radical (unpaired) electrons. The zero-order chi connectivity index (χ0) is 13.4. The van der Waals surface area contributed by atoms with E-state index in [0.717, 1.165) is 35.0 Å². The fraction of sp³-hybridized carbons (Fsp3) is 0.385. The number of hydrogen-bond donors (Lipinski definition) is 2. The highest BCUT2D eigenvalue weighted by atomic mass is 79.9. The Morgan fingerprint density at radius 1 is 1.50 bits per heavy atom. The molecule has 20 heavy (non-hydrogen) atoms. The van der Waals surface area contributed by atoms with Gasteiger partial charge in [-0.2, -0.15) is 5.10 Å². The van der Waals surface area contributed by atoms with Crippen LogP contribution in [0.4, 0.5) is 0 Å². The number of fused-ring (bicyclic) bond motifs is 1. The van der Waals surface area contributed by atoms with Crippen LogP contribution in [0, 0.1) is 0 Å². The van der Waals surface area contributed by atoms with Gasteiger partial charge in [-0.25, -0.2) is 0 Å². The molecule has 0 aliphatic carbocycles. The molecule has 0 bridgehead atoms. The van der Waals surface area contributed by atoms with Gasteiger partial charge in [-0.1, -0.05) is 15.9 Å². The van der Waals surface area contributed by atoms with Crippen molar-refractivity contribution in [3.63, 3.8) is 0 Å². The molecule has 7 heteroatoms. The molecule has 1 saturated heterocycles. The Hall–Kier alpha value is -1.11. The molecule has 3 rings (SSSR count). The number of benzene rings is 1. The first kappa shape index (κ1) is 15.3. The molecule has 108 valence electrons. The lowest BCUT2D eigenvalue weighted by molar-refractivity contribution is 0.0651. The average Bonchev–Trinajstić information content (AvgIpc) is 2.81. The van der Waals surface area contributed by atoms with Gasteiger partial charge in [-0.3, -0.25) is 9.89 Å². The lowest BCUT2D eigenvalue weighted by Gasteiger charge is -2.33. The van der Waals surface area contributed by atoms with Gasteiger partial charge in [0.1, 0.15) is 0 Å². The standard InChI is InChI=1S/C13H15BrN4O.ClH/c1-8-7-15-4-5-18(8)13(19)12-10-6-9(14)2-3-11(10)16-17-12;/h2-3,6,8,15H,4-5,7H2,1H3,(H,16,17);1H/t8-;/m1./s1. The molecule has 0 spiro atoms. The Labute approximate surface area is 131 Å². The molecule has 0 saturated carbocycles. The van der Waals surface area contributed by atoms with Crippen LogP contribution in [0.25, 0.3) is 10.9 Å². The average molecular weight is 360 g/mol. The number of hydrogen-bond acceptors (Lipinski definition) is 3. The number of halogens is 2. The van der Waals surface area contributed by atoms with Crippen molar-refractivity contribution < 1.29 is 4.79 Å². The van der Waals surface area contributed by atoms with Crippen molar-refractivity contribution >= 4 is 45.1 Å². The number of nitrogens with zero attached hydrogens (tertiary/aromatic N) is 2. The molecule has 2 aromatic rings. The summed E-state index contributed by atoms with van der Waals surface area (Å²) in [6.07, 6.45) is 0. The molecular weight excluding hydrogens is 344 g/mol. The van der Waals surface area contributed by atoms with E-state index in [2.05, 4.69) is 38.4 Å². The second-order valence-electron chi connectivity index (χ2n) is 4.81. The highest BCUT2D eigenvalue weighted by Crippen LogP contribution is 2.22. The summed E-state index contributed by atoms with van der Waals surface area (Å²) in [7, 11) is 0. The summed E-state index contributed by atoms with van der Waals surface area (Å²) < 4.78 is 0.948. The number of nitrogens with one attached hydrogen (secondary N) is 2. The van der Waals surface area contributed by atoms with E-state index in [0.29, 0.717) is 5.69 Å². The minimum atomic E-state index is -0.00153. The summed E-state index contributed by atoms with van der Waals surface area (Å²) in [6.45, 7) is 4.44. The van der Waals surface area contributed by atoms with E-state index in [1.165, 1.54) is 0 Å². The lowest BCUT2D eigenvalue weighted by atomic mass is 10.1. The molecule has 2 N–H and O–H groups in total. The lowest BCUT2D eigenvalue weighted by Crippen LogP contribution is -2.52. The monoisotopic (exact) mass is 358 g/mol. The molecule has 1 aliphatic heterocycles. The van der Waals surface area contributed by atoms with Crippen LogP contribution >= 0.6 is 28.3 Å². The van der Waals surface area contributed by atoms with Crippen molar-refractivity contribution in [2.75, 3.05) is 19.6 Å². The van der Waals surface area contributed by atoms with Crippen LogP contribution < -0.4 is 5.32 Å². The zero-order valence-corrected chi connectivity index (χ0v) is 13.4. The van der Waals surface area contributed by atoms with Gasteiger partial charge in [-0.05, 0) is 25.1 Å². The Morgan fingerprint density at radius 3 is 3.05 bits per heavy atom. The maximum absolute atomic E-state index is 12.6. The van der Waals surface area contributed by atoms with E-state index in [1.54, 1.807) is 0 Å². The number of piperazine rings is 1. The van der Waals surface area contributed by atoms with Crippen molar-refractivity contribution in [2.45, 2.75) is 13.0 Å². The first-order chi connectivity index (χ1) is 9.16. The Bertz CT molecular complexity index is 630. The summed E-state index contributed by atoms with van der Waals surface area (Å²) >= 11 is 3.43. The summed E-state index contributed by atoms with van der Waals surface area (Å²) in [4.78, 5) is 14.5. The van der Waals surface area contributed by atoms with Crippen LogP contribution in [0.1, 0.15) is 17.4 Å². The van der Waals surface area contributed by atoms with E-state index < -0.39 is 0 Å². The van der Waals surface area contributed by atoms with Crippen molar-refractivity contribution in [3.8, 4) is 0 Å². The van der Waals surface area contributed by atoms with Gasteiger partial charge in [0.25, 0.3) is 5.91 Å². The van der Waals surface area contributed by atoms with Gasteiger partial charge in [0.05, 0.1) is 5.52 Å². The summed E-state index contributed by atoms with van der Waals surface area (Å²) in [5.41, 5.74) is 1.39. The molecule has 1 atom stereocenters. The fourth-order valence-electron chi connectivity index (χ4n) is 2.43. The molecular formula is C13H16BrClN4O.